The van der Waals surface area contributed by atoms with Gasteiger partial charge in [-0.15, -0.1) is 0 Å². The monoisotopic (exact) mass is 413 g/mol. The molecule has 158 valence electrons. The molecule has 0 bridgehead atoms. The maximum atomic E-state index is 13.9. The lowest BCUT2D eigenvalue weighted by Crippen LogP contribution is -2.51. The molecule has 1 heterocycles. The molecule has 1 amide bonds. The SMILES string of the molecule is CC(C)CCC[C@H](C)NC(=O)CN1CCN(S(=O)(=O)c2ccccc2F)CC1. The molecular formula is C20H32FN3O3S. The van der Waals surface area contributed by atoms with E-state index in [0.29, 0.717) is 19.0 Å². The Morgan fingerprint density at radius 3 is 2.36 bits per heavy atom. The van der Waals surface area contributed by atoms with E-state index in [1.165, 1.54) is 22.5 Å². The van der Waals surface area contributed by atoms with Crippen molar-refractivity contribution >= 4 is 15.9 Å². The van der Waals surface area contributed by atoms with Crippen molar-refractivity contribution in [1.29, 1.82) is 0 Å². The summed E-state index contributed by atoms with van der Waals surface area (Å²) in [6.07, 6.45) is 3.20. The highest BCUT2D eigenvalue weighted by atomic mass is 32.2. The van der Waals surface area contributed by atoms with Gasteiger partial charge in [0.05, 0.1) is 6.54 Å². The van der Waals surface area contributed by atoms with Crippen LogP contribution < -0.4 is 5.32 Å². The molecule has 0 spiro atoms. The Bertz CT molecular complexity index is 747. The van der Waals surface area contributed by atoms with Crippen LogP contribution >= 0.6 is 0 Å². The van der Waals surface area contributed by atoms with E-state index in [2.05, 4.69) is 19.2 Å². The predicted octanol–water partition coefficient (Wildman–Crippen LogP) is 2.46. The first-order chi connectivity index (χ1) is 13.2. The molecule has 8 heteroatoms. The fraction of sp³-hybridized carbons (Fsp3) is 0.650. The molecular weight excluding hydrogens is 381 g/mol. The maximum absolute atomic E-state index is 13.9. The Morgan fingerprint density at radius 1 is 1.11 bits per heavy atom. The number of rotatable bonds is 9. The molecule has 1 aromatic carbocycles. The molecule has 1 N–H and O–H groups in total. The summed E-state index contributed by atoms with van der Waals surface area (Å²) < 4.78 is 40.4. The third kappa shape index (κ3) is 6.53. The van der Waals surface area contributed by atoms with Crippen molar-refractivity contribution in [2.24, 2.45) is 5.92 Å². The summed E-state index contributed by atoms with van der Waals surface area (Å²) in [5.41, 5.74) is 0. The molecule has 2 rings (SSSR count). The first-order valence-corrected chi connectivity index (χ1v) is 11.4. The number of hydrogen-bond acceptors (Lipinski definition) is 4. The second-order valence-electron chi connectivity index (χ2n) is 7.90. The fourth-order valence-corrected chi connectivity index (χ4v) is 4.84. The number of amides is 1. The molecule has 6 nitrogen and oxygen atoms in total. The van der Waals surface area contributed by atoms with Crippen LogP contribution in [0.25, 0.3) is 0 Å². The number of nitrogens with zero attached hydrogens (tertiary/aromatic N) is 2. The van der Waals surface area contributed by atoms with Crippen LogP contribution in [0.3, 0.4) is 0 Å². The minimum Gasteiger partial charge on any atom is -0.353 e. The van der Waals surface area contributed by atoms with Gasteiger partial charge in [0.15, 0.2) is 0 Å². The van der Waals surface area contributed by atoms with Gasteiger partial charge < -0.3 is 5.32 Å². The Hall–Kier alpha value is -1.51. The molecule has 0 aliphatic carbocycles. The molecule has 28 heavy (non-hydrogen) atoms. The number of halogens is 1. The van der Waals surface area contributed by atoms with Crippen LogP contribution in [0.1, 0.15) is 40.0 Å². The highest BCUT2D eigenvalue weighted by Crippen LogP contribution is 2.20. The molecule has 0 unspecified atom stereocenters. The normalized spacial score (nSPS) is 17.6. The van der Waals surface area contributed by atoms with E-state index in [1.54, 1.807) is 0 Å². The Labute approximate surface area is 168 Å². The zero-order chi connectivity index (χ0) is 20.7. The van der Waals surface area contributed by atoms with Gasteiger partial charge in [-0.2, -0.15) is 4.31 Å². The van der Waals surface area contributed by atoms with Gasteiger partial charge in [-0.3, -0.25) is 9.69 Å². The molecule has 1 atom stereocenters. The first kappa shape index (κ1) is 22.8. The van der Waals surface area contributed by atoms with E-state index in [-0.39, 0.29) is 36.5 Å². The van der Waals surface area contributed by atoms with Crippen LogP contribution in [0.5, 0.6) is 0 Å². The average molecular weight is 414 g/mol. The van der Waals surface area contributed by atoms with E-state index >= 15 is 0 Å². The van der Waals surface area contributed by atoms with E-state index in [0.717, 1.165) is 25.3 Å². The topological polar surface area (TPSA) is 69.7 Å². The van der Waals surface area contributed by atoms with Crippen LogP contribution in [0.15, 0.2) is 29.2 Å². The number of carbonyl (C=O) groups excluding carboxylic acids is 1. The summed E-state index contributed by atoms with van der Waals surface area (Å²) >= 11 is 0. The van der Waals surface area contributed by atoms with Crippen molar-refractivity contribution in [3.63, 3.8) is 0 Å². The summed E-state index contributed by atoms with van der Waals surface area (Å²) in [5, 5.41) is 3.01. The zero-order valence-electron chi connectivity index (χ0n) is 17.0. The molecule has 1 fully saturated rings. The van der Waals surface area contributed by atoms with Crippen LogP contribution in [0.4, 0.5) is 4.39 Å². The summed E-state index contributed by atoms with van der Waals surface area (Å²) in [6.45, 7) is 8.03. The van der Waals surface area contributed by atoms with Crippen LogP contribution in [0.2, 0.25) is 0 Å². The minimum absolute atomic E-state index is 0.0394. The van der Waals surface area contributed by atoms with Gasteiger partial charge >= 0.3 is 0 Å². The lowest BCUT2D eigenvalue weighted by Gasteiger charge is -2.33. The fourth-order valence-electron chi connectivity index (χ4n) is 3.35. The Balaban J connectivity index is 1.79. The van der Waals surface area contributed by atoms with E-state index < -0.39 is 15.8 Å². The van der Waals surface area contributed by atoms with Crippen LogP contribution in [-0.2, 0) is 14.8 Å². The van der Waals surface area contributed by atoms with Gasteiger partial charge in [0.2, 0.25) is 15.9 Å². The van der Waals surface area contributed by atoms with Gasteiger partial charge in [0, 0.05) is 32.2 Å². The number of piperazine rings is 1. The van der Waals surface area contributed by atoms with Crippen molar-refractivity contribution in [2.75, 3.05) is 32.7 Å². The third-order valence-corrected chi connectivity index (χ3v) is 6.91. The highest BCUT2D eigenvalue weighted by Gasteiger charge is 2.30. The summed E-state index contributed by atoms with van der Waals surface area (Å²) in [7, 11) is -3.85. The number of carbonyl (C=O) groups is 1. The summed E-state index contributed by atoms with van der Waals surface area (Å²) in [4.78, 5) is 13.9. The first-order valence-electron chi connectivity index (χ1n) is 9.96. The second kappa shape index (κ2) is 10.3. The lowest BCUT2D eigenvalue weighted by molar-refractivity contribution is -0.123. The standard InChI is InChI=1S/C20H32FN3O3S/c1-16(2)7-6-8-17(3)22-20(25)15-23-11-13-24(14-12-23)28(26,27)19-10-5-4-9-18(19)21/h4-5,9-10,16-17H,6-8,11-15H2,1-3H3,(H,22,25)/t17-/m0/s1. The van der Waals surface area contributed by atoms with E-state index in [9.17, 15) is 17.6 Å². The molecule has 1 saturated heterocycles. The molecule has 1 aliphatic rings. The largest absolute Gasteiger partial charge is 0.353 e. The Kier molecular flexibility index (Phi) is 8.39. The van der Waals surface area contributed by atoms with Crippen molar-refractivity contribution in [1.82, 2.24) is 14.5 Å². The van der Waals surface area contributed by atoms with Crippen LogP contribution in [0, 0.1) is 11.7 Å². The number of sulfonamides is 1. The van der Waals surface area contributed by atoms with Crippen molar-refractivity contribution < 1.29 is 17.6 Å². The van der Waals surface area contributed by atoms with Crippen molar-refractivity contribution in [3.05, 3.63) is 30.1 Å². The molecule has 1 aromatic rings. The van der Waals surface area contributed by atoms with Gasteiger partial charge in [0.1, 0.15) is 10.7 Å². The zero-order valence-corrected chi connectivity index (χ0v) is 17.8. The minimum atomic E-state index is -3.85. The quantitative estimate of drug-likeness (QED) is 0.675. The van der Waals surface area contributed by atoms with Gasteiger partial charge in [-0.25, -0.2) is 12.8 Å². The van der Waals surface area contributed by atoms with Crippen LogP contribution in [-0.4, -0.2) is 62.3 Å². The lowest BCUT2D eigenvalue weighted by atomic mass is 10.0. The summed E-state index contributed by atoms with van der Waals surface area (Å²) in [5.74, 6) is -0.113. The maximum Gasteiger partial charge on any atom is 0.246 e. The molecule has 0 radical (unpaired) electrons. The molecule has 1 aliphatic heterocycles. The molecule has 0 aromatic heterocycles. The highest BCUT2D eigenvalue weighted by molar-refractivity contribution is 7.89. The number of benzene rings is 1. The smallest absolute Gasteiger partial charge is 0.246 e. The Morgan fingerprint density at radius 2 is 1.75 bits per heavy atom. The van der Waals surface area contributed by atoms with Crippen molar-refractivity contribution in [3.8, 4) is 0 Å². The second-order valence-corrected chi connectivity index (χ2v) is 9.81. The van der Waals surface area contributed by atoms with E-state index in [1.807, 2.05) is 11.8 Å². The van der Waals surface area contributed by atoms with Gasteiger partial charge in [-0.1, -0.05) is 38.8 Å². The van der Waals surface area contributed by atoms with Crippen molar-refractivity contribution in [2.45, 2.75) is 51.0 Å². The van der Waals surface area contributed by atoms with Gasteiger partial charge in [0.25, 0.3) is 0 Å². The van der Waals surface area contributed by atoms with E-state index in [4.69, 9.17) is 0 Å². The predicted molar refractivity (Wildman–Crippen MR) is 108 cm³/mol. The average Bonchev–Trinajstić information content (AvgIpc) is 2.62. The van der Waals surface area contributed by atoms with Gasteiger partial charge in [-0.05, 0) is 31.4 Å². The molecule has 0 saturated carbocycles. The number of nitrogens with one attached hydrogen (secondary N) is 1. The number of hydrogen-bond donors (Lipinski definition) is 1. The summed E-state index contributed by atoms with van der Waals surface area (Å²) in [6, 6.07) is 5.54. The third-order valence-electron chi connectivity index (χ3n) is 4.98.